The molecule has 0 aliphatic rings. The summed E-state index contributed by atoms with van der Waals surface area (Å²) in [4.78, 5) is 10.3. The largest absolute Gasteiger partial charge is 0.446 e. The number of hydrogen-bond donors (Lipinski definition) is 0. The van der Waals surface area contributed by atoms with E-state index < -0.39 is 17.7 Å². The Balaban J connectivity index is 4.68. The summed E-state index contributed by atoms with van der Waals surface area (Å²) in [6.07, 6.45) is -4.07. The summed E-state index contributed by atoms with van der Waals surface area (Å²) in [6, 6.07) is 0. The van der Waals surface area contributed by atoms with Crippen LogP contribution in [0.5, 0.6) is 0 Å². The summed E-state index contributed by atoms with van der Waals surface area (Å²) in [5.74, 6) is -0.991. The fourth-order valence-corrected chi connectivity index (χ4v) is 0.514. The Bertz CT molecular complexity index is 197. The highest BCUT2D eigenvalue weighted by Crippen LogP contribution is 2.34. The fourth-order valence-electron chi connectivity index (χ4n) is 0.514. The zero-order chi connectivity index (χ0) is 9.99. The summed E-state index contributed by atoms with van der Waals surface area (Å²) in [6.45, 7) is 4.60. The van der Waals surface area contributed by atoms with Crippen molar-refractivity contribution < 1.29 is 22.7 Å². The van der Waals surface area contributed by atoms with Gasteiger partial charge in [-0.15, -0.1) is 0 Å². The molecular weight excluding hydrogens is 173 g/mol. The van der Waals surface area contributed by atoms with Crippen molar-refractivity contribution in [3.8, 4) is 0 Å². The van der Waals surface area contributed by atoms with E-state index in [-0.39, 0.29) is 0 Å². The Hall–Kier alpha value is -1.00. The predicted octanol–water partition coefficient (Wildman–Crippen LogP) is 2.06. The molecule has 12 heavy (non-hydrogen) atoms. The maximum Gasteiger partial charge on any atom is 0.431 e. The highest BCUT2D eigenvalue weighted by atomic mass is 19.4. The molecule has 0 spiro atoms. The molecule has 0 fully saturated rings. The van der Waals surface area contributed by atoms with Crippen LogP contribution in [0.3, 0.4) is 0 Å². The van der Waals surface area contributed by atoms with Crippen molar-refractivity contribution in [1.82, 2.24) is 0 Å². The SMILES string of the molecule is C=CC(C)(OC(C)=O)C(F)(F)F. The van der Waals surface area contributed by atoms with Crippen LogP contribution in [0.1, 0.15) is 13.8 Å². The number of esters is 1. The lowest BCUT2D eigenvalue weighted by molar-refractivity contribution is -0.245. The molecule has 0 aromatic carbocycles. The first-order valence-electron chi connectivity index (χ1n) is 3.13. The van der Waals surface area contributed by atoms with Gasteiger partial charge in [-0.25, -0.2) is 0 Å². The molecule has 0 aliphatic heterocycles. The average Bonchev–Trinajstić information content (AvgIpc) is 1.83. The van der Waals surface area contributed by atoms with E-state index in [1.807, 2.05) is 0 Å². The van der Waals surface area contributed by atoms with Gasteiger partial charge in [0.05, 0.1) is 0 Å². The van der Waals surface area contributed by atoms with Crippen LogP contribution in [0.2, 0.25) is 0 Å². The Labute approximate surface area is 68.0 Å². The topological polar surface area (TPSA) is 26.3 Å². The van der Waals surface area contributed by atoms with Crippen molar-refractivity contribution in [1.29, 1.82) is 0 Å². The molecule has 5 heteroatoms. The molecule has 2 nitrogen and oxygen atoms in total. The lowest BCUT2D eigenvalue weighted by Gasteiger charge is -2.27. The molecular formula is C7H9F3O2. The van der Waals surface area contributed by atoms with E-state index >= 15 is 0 Å². The van der Waals surface area contributed by atoms with E-state index in [9.17, 15) is 18.0 Å². The highest BCUT2D eigenvalue weighted by Gasteiger charge is 2.52. The Morgan fingerprint density at radius 1 is 1.50 bits per heavy atom. The fraction of sp³-hybridized carbons (Fsp3) is 0.571. The quantitative estimate of drug-likeness (QED) is 0.482. The summed E-state index contributed by atoms with van der Waals surface area (Å²) >= 11 is 0. The molecule has 0 bridgehead atoms. The van der Waals surface area contributed by atoms with Crippen LogP contribution in [-0.4, -0.2) is 17.7 Å². The Morgan fingerprint density at radius 3 is 2.00 bits per heavy atom. The molecule has 1 unspecified atom stereocenters. The third-order valence-electron chi connectivity index (χ3n) is 1.31. The van der Waals surface area contributed by atoms with Crippen LogP contribution in [0.4, 0.5) is 13.2 Å². The van der Waals surface area contributed by atoms with E-state index in [4.69, 9.17) is 0 Å². The van der Waals surface area contributed by atoms with Crippen molar-refractivity contribution in [2.75, 3.05) is 0 Å². The maximum absolute atomic E-state index is 12.1. The number of hydrogen-bond acceptors (Lipinski definition) is 2. The van der Waals surface area contributed by atoms with Gasteiger partial charge < -0.3 is 4.74 Å². The van der Waals surface area contributed by atoms with Crippen molar-refractivity contribution in [3.63, 3.8) is 0 Å². The van der Waals surface area contributed by atoms with Gasteiger partial charge in [-0.05, 0) is 13.0 Å². The lowest BCUT2D eigenvalue weighted by Crippen LogP contribution is -2.44. The first kappa shape index (κ1) is 11.0. The third kappa shape index (κ3) is 2.25. The zero-order valence-electron chi connectivity index (χ0n) is 6.73. The van der Waals surface area contributed by atoms with Gasteiger partial charge in [0.25, 0.3) is 0 Å². The van der Waals surface area contributed by atoms with Gasteiger partial charge in [0.2, 0.25) is 5.60 Å². The molecule has 70 valence electrons. The van der Waals surface area contributed by atoms with Crippen LogP contribution in [0, 0.1) is 0 Å². The molecule has 0 N–H and O–H groups in total. The van der Waals surface area contributed by atoms with Gasteiger partial charge >= 0.3 is 12.1 Å². The van der Waals surface area contributed by atoms with Crippen molar-refractivity contribution >= 4 is 5.97 Å². The number of rotatable bonds is 2. The molecule has 0 aromatic heterocycles. The Morgan fingerprint density at radius 2 is 1.92 bits per heavy atom. The van der Waals surface area contributed by atoms with Crippen LogP contribution in [0.25, 0.3) is 0 Å². The molecule has 0 radical (unpaired) electrons. The molecule has 0 heterocycles. The molecule has 0 amide bonds. The second-order valence-corrected chi connectivity index (χ2v) is 2.40. The van der Waals surface area contributed by atoms with E-state index in [2.05, 4.69) is 11.3 Å². The maximum atomic E-state index is 12.1. The van der Waals surface area contributed by atoms with Gasteiger partial charge in [0.15, 0.2) is 0 Å². The molecule has 0 rings (SSSR count). The smallest absolute Gasteiger partial charge is 0.431 e. The number of halogens is 3. The summed E-state index contributed by atoms with van der Waals surface area (Å²) in [7, 11) is 0. The normalized spacial score (nSPS) is 16.4. The standard InChI is InChI=1S/C7H9F3O2/c1-4-6(3,7(8,9)10)12-5(2)11/h4H,1H2,2-3H3. The van der Waals surface area contributed by atoms with Crippen molar-refractivity contribution in [2.24, 2.45) is 0 Å². The summed E-state index contributed by atoms with van der Waals surface area (Å²) < 4.78 is 40.4. The van der Waals surface area contributed by atoms with Gasteiger partial charge in [-0.1, -0.05) is 6.58 Å². The van der Waals surface area contributed by atoms with E-state index in [0.29, 0.717) is 6.08 Å². The molecule has 0 saturated heterocycles. The monoisotopic (exact) mass is 182 g/mol. The second kappa shape index (κ2) is 3.16. The van der Waals surface area contributed by atoms with E-state index in [0.717, 1.165) is 13.8 Å². The number of ether oxygens (including phenoxy) is 1. The van der Waals surface area contributed by atoms with Crippen LogP contribution < -0.4 is 0 Å². The summed E-state index contributed by atoms with van der Waals surface area (Å²) in [5, 5.41) is 0. The third-order valence-corrected chi connectivity index (χ3v) is 1.31. The highest BCUT2D eigenvalue weighted by molar-refractivity contribution is 5.66. The molecule has 0 aromatic rings. The molecule has 0 aliphatic carbocycles. The van der Waals surface area contributed by atoms with Crippen LogP contribution in [0.15, 0.2) is 12.7 Å². The van der Waals surface area contributed by atoms with Gasteiger partial charge in [0, 0.05) is 6.92 Å². The molecule has 1 atom stereocenters. The minimum absolute atomic E-state index is 0.550. The zero-order valence-corrected chi connectivity index (χ0v) is 6.73. The number of alkyl halides is 3. The van der Waals surface area contributed by atoms with Crippen molar-refractivity contribution in [3.05, 3.63) is 12.7 Å². The number of carbonyl (C=O) groups is 1. The summed E-state index contributed by atoms with van der Waals surface area (Å²) in [5.41, 5.74) is -2.58. The van der Waals surface area contributed by atoms with E-state index in [1.54, 1.807) is 0 Å². The van der Waals surface area contributed by atoms with E-state index in [1.165, 1.54) is 0 Å². The lowest BCUT2D eigenvalue weighted by atomic mass is 10.1. The Kier molecular flexibility index (Phi) is 2.90. The minimum atomic E-state index is -4.62. The van der Waals surface area contributed by atoms with Crippen LogP contribution in [-0.2, 0) is 9.53 Å². The van der Waals surface area contributed by atoms with Gasteiger partial charge in [0.1, 0.15) is 0 Å². The van der Waals surface area contributed by atoms with Gasteiger partial charge in [-0.3, -0.25) is 4.79 Å². The first-order chi connectivity index (χ1) is 5.23. The van der Waals surface area contributed by atoms with Gasteiger partial charge in [-0.2, -0.15) is 13.2 Å². The predicted molar refractivity (Wildman–Crippen MR) is 36.4 cm³/mol. The second-order valence-electron chi connectivity index (χ2n) is 2.40. The average molecular weight is 182 g/mol. The van der Waals surface area contributed by atoms with Crippen LogP contribution >= 0.6 is 0 Å². The van der Waals surface area contributed by atoms with Crippen molar-refractivity contribution in [2.45, 2.75) is 25.6 Å². The molecule has 0 saturated carbocycles. The minimum Gasteiger partial charge on any atom is -0.446 e. The number of carbonyl (C=O) groups excluding carboxylic acids is 1. The first-order valence-corrected chi connectivity index (χ1v) is 3.13.